The molecule has 2 aliphatic heterocycles. The van der Waals surface area contributed by atoms with Gasteiger partial charge in [0.2, 0.25) is 0 Å². The molecule has 2 aliphatic rings. The first-order valence-electron chi connectivity index (χ1n) is 11.6. The van der Waals surface area contributed by atoms with Crippen molar-refractivity contribution < 1.29 is 9.53 Å². The summed E-state index contributed by atoms with van der Waals surface area (Å²) >= 11 is 0. The third kappa shape index (κ3) is 6.39. The van der Waals surface area contributed by atoms with E-state index >= 15 is 0 Å². The van der Waals surface area contributed by atoms with E-state index in [2.05, 4.69) is 52.4 Å². The van der Waals surface area contributed by atoms with Crippen molar-refractivity contribution in [1.82, 2.24) is 15.1 Å². The molecule has 0 aliphatic carbocycles. The van der Waals surface area contributed by atoms with E-state index in [0.717, 1.165) is 57.4 Å². The molecule has 166 valence electrons. The molecule has 2 aromatic carbocycles. The number of hydrogen-bond acceptors (Lipinski definition) is 4. The summed E-state index contributed by atoms with van der Waals surface area (Å²) in [6.45, 7) is 10.5. The molecule has 2 aromatic rings. The molecule has 0 spiro atoms. The van der Waals surface area contributed by atoms with Gasteiger partial charge < -0.3 is 10.1 Å². The number of rotatable bonds is 7. The first-order valence-corrected chi connectivity index (χ1v) is 11.6. The van der Waals surface area contributed by atoms with Crippen molar-refractivity contribution in [3.8, 4) is 0 Å². The largest absolute Gasteiger partial charge is 0.379 e. The van der Waals surface area contributed by atoms with Gasteiger partial charge in [-0.1, -0.05) is 43.3 Å². The van der Waals surface area contributed by atoms with Crippen LogP contribution in [0.25, 0.3) is 0 Å². The number of benzene rings is 2. The second-order valence-corrected chi connectivity index (χ2v) is 9.02. The fraction of sp³-hybridized carbons (Fsp3) is 0.500. The van der Waals surface area contributed by atoms with E-state index in [0.29, 0.717) is 6.54 Å². The van der Waals surface area contributed by atoms with E-state index in [1.165, 1.54) is 36.1 Å². The Hall–Kier alpha value is -2.21. The summed E-state index contributed by atoms with van der Waals surface area (Å²) in [5.41, 5.74) is 4.43. The fourth-order valence-electron chi connectivity index (χ4n) is 4.66. The van der Waals surface area contributed by atoms with Gasteiger partial charge in [0, 0.05) is 44.8 Å². The predicted molar refractivity (Wildman–Crippen MR) is 124 cm³/mol. The van der Waals surface area contributed by atoms with Gasteiger partial charge in [0.15, 0.2) is 0 Å². The highest BCUT2D eigenvalue weighted by molar-refractivity contribution is 5.94. The van der Waals surface area contributed by atoms with Crippen molar-refractivity contribution >= 4 is 5.91 Å². The smallest absolute Gasteiger partial charge is 0.251 e. The Kier molecular flexibility index (Phi) is 7.73. The molecule has 0 aromatic heterocycles. The lowest BCUT2D eigenvalue weighted by atomic mass is 9.99. The summed E-state index contributed by atoms with van der Waals surface area (Å²) in [6.07, 6.45) is 2.61. The normalized spacial score (nSPS) is 20.5. The van der Waals surface area contributed by atoms with Crippen LogP contribution in [0, 0.1) is 5.92 Å². The van der Waals surface area contributed by atoms with E-state index in [1.54, 1.807) is 0 Å². The van der Waals surface area contributed by atoms with Crippen LogP contribution < -0.4 is 5.32 Å². The molecule has 0 saturated carbocycles. The maximum Gasteiger partial charge on any atom is 0.251 e. The molecule has 5 heteroatoms. The summed E-state index contributed by atoms with van der Waals surface area (Å²) in [4.78, 5) is 17.8. The molecular formula is C26H35N3O2. The van der Waals surface area contributed by atoms with Crippen LogP contribution in [0.4, 0.5) is 0 Å². The molecular weight excluding hydrogens is 386 g/mol. The van der Waals surface area contributed by atoms with Crippen molar-refractivity contribution in [3.05, 3.63) is 70.8 Å². The summed E-state index contributed by atoms with van der Waals surface area (Å²) in [5, 5.41) is 3.14. The Morgan fingerprint density at radius 3 is 2.61 bits per heavy atom. The number of hydrogen-bond donors (Lipinski definition) is 1. The van der Waals surface area contributed by atoms with Crippen LogP contribution in [0.1, 0.15) is 46.8 Å². The van der Waals surface area contributed by atoms with E-state index in [-0.39, 0.29) is 5.91 Å². The molecule has 1 atom stereocenters. The molecule has 2 saturated heterocycles. The minimum Gasteiger partial charge on any atom is -0.379 e. The topological polar surface area (TPSA) is 44.8 Å². The molecule has 1 unspecified atom stereocenters. The third-order valence-electron chi connectivity index (χ3n) is 6.39. The number of morpholine rings is 1. The Bertz CT molecular complexity index is 863. The second-order valence-electron chi connectivity index (χ2n) is 9.02. The van der Waals surface area contributed by atoms with Crippen molar-refractivity contribution in [2.45, 2.75) is 39.4 Å². The molecule has 2 heterocycles. The molecule has 5 nitrogen and oxygen atoms in total. The lowest BCUT2D eigenvalue weighted by molar-refractivity contribution is 0.0342. The van der Waals surface area contributed by atoms with E-state index in [4.69, 9.17) is 4.74 Å². The summed E-state index contributed by atoms with van der Waals surface area (Å²) < 4.78 is 5.43. The highest BCUT2D eigenvalue weighted by Gasteiger charge is 2.18. The van der Waals surface area contributed by atoms with Crippen LogP contribution in [-0.4, -0.2) is 55.1 Å². The Labute approximate surface area is 186 Å². The maximum atomic E-state index is 12.9. The average molecular weight is 422 g/mol. The summed E-state index contributed by atoms with van der Waals surface area (Å²) in [6, 6.07) is 16.5. The van der Waals surface area contributed by atoms with E-state index in [1.807, 2.05) is 18.2 Å². The SMILES string of the molecule is CC1CCCN(Cc2ccccc2CNC(=O)c2cccc(CN3CCOCC3)c2)C1. The van der Waals surface area contributed by atoms with Crippen molar-refractivity contribution in [2.75, 3.05) is 39.4 Å². The van der Waals surface area contributed by atoms with Crippen LogP contribution >= 0.6 is 0 Å². The van der Waals surface area contributed by atoms with Gasteiger partial charge in [-0.15, -0.1) is 0 Å². The van der Waals surface area contributed by atoms with Crippen LogP contribution in [0.15, 0.2) is 48.5 Å². The Morgan fingerprint density at radius 2 is 1.81 bits per heavy atom. The van der Waals surface area contributed by atoms with Gasteiger partial charge in [0.05, 0.1) is 13.2 Å². The molecule has 31 heavy (non-hydrogen) atoms. The van der Waals surface area contributed by atoms with Crippen LogP contribution in [0.5, 0.6) is 0 Å². The second kappa shape index (κ2) is 10.9. The van der Waals surface area contributed by atoms with Crippen LogP contribution in [0.2, 0.25) is 0 Å². The highest BCUT2D eigenvalue weighted by atomic mass is 16.5. The van der Waals surface area contributed by atoms with Gasteiger partial charge in [0.25, 0.3) is 5.91 Å². The quantitative estimate of drug-likeness (QED) is 0.741. The number of amides is 1. The maximum absolute atomic E-state index is 12.9. The first-order chi connectivity index (χ1) is 15.2. The lowest BCUT2D eigenvalue weighted by Crippen LogP contribution is -2.35. The Morgan fingerprint density at radius 1 is 1.00 bits per heavy atom. The molecule has 0 bridgehead atoms. The first kappa shape index (κ1) is 22.0. The molecule has 2 fully saturated rings. The van der Waals surface area contributed by atoms with E-state index < -0.39 is 0 Å². The summed E-state index contributed by atoms with van der Waals surface area (Å²) in [5.74, 6) is 0.760. The predicted octanol–water partition coefficient (Wildman–Crippen LogP) is 3.68. The molecule has 4 rings (SSSR count). The Balaban J connectivity index is 1.35. The number of piperidine rings is 1. The number of carbonyl (C=O) groups is 1. The number of carbonyl (C=O) groups excluding carboxylic acids is 1. The molecule has 1 N–H and O–H groups in total. The standard InChI is InChI=1S/C26H35N3O2/c1-21-6-5-11-29(18-21)20-25-9-3-2-8-24(25)17-27-26(30)23-10-4-7-22(16-23)19-28-12-14-31-15-13-28/h2-4,7-10,16,21H,5-6,11-15,17-20H2,1H3,(H,27,30). The fourth-order valence-corrected chi connectivity index (χ4v) is 4.66. The van der Waals surface area contributed by atoms with Gasteiger partial charge in [0.1, 0.15) is 0 Å². The lowest BCUT2D eigenvalue weighted by Gasteiger charge is -2.31. The number of likely N-dealkylation sites (tertiary alicyclic amines) is 1. The number of ether oxygens (including phenoxy) is 1. The zero-order valence-electron chi connectivity index (χ0n) is 18.7. The zero-order valence-corrected chi connectivity index (χ0v) is 18.7. The summed E-state index contributed by atoms with van der Waals surface area (Å²) in [7, 11) is 0. The van der Waals surface area contributed by atoms with Crippen molar-refractivity contribution in [1.29, 1.82) is 0 Å². The van der Waals surface area contributed by atoms with Gasteiger partial charge >= 0.3 is 0 Å². The van der Waals surface area contributed by atoms with Gasteiger partial charge in [-0.05, 0) is 54.1 Å². The number of nitrogens with one attached hydrogen (secondary N) is 1. The monoisotopic (exact) mass is 421 g/mol. The third-order valence-corrected chi connectivity index (χ3v) is 6.39. The molecule has 1 amide bonds. The van der Waals surface area contributed by atoms with E-state index in [9.17, 15) is 4.79 Å². The van der Waals surface area contributed by atoms with Crippen molar-refractivity contribution in [3.63, 3.8) is 0 Å². The highest BCUT2D eigenvalue weighted by Crippen LogP contribution is 2.19. The zero-order chi connectivity index (χ0) is 21.5. The minimum absolute atomic E-state index is 0.00905. The number of nitrogens with zero attached hydrogens (tertiary/aromatic N) is 2. The van der Waals surface area contributed by atoms with Crippen molar-refractivity contribution in [2.24, 2.45) is 5.92 Å². The van der Waals surface area contributed by atoms with Crippen LogP contribution in [-0.2, 0) is 24.4 Å². The van der Waals surface area contributed by atoms with Gasteiger partial charge in [-0.3, -0.25) is 14.6 Å². The minimum atomic E-state index is -0.00905. The average Bonchev–Trinajstić information content (AvgIpc) is 2.79. The molecule has 0 radical (unpaired) electrons. The van der Waals surface area contributed by atoms with Gasteiger partial charge in [-0.25, -0.2) is 0 Å². The van der Waals surface area contributed by atoms with Crippen LogP contribution in [0.3, 0.4) is 0 Å². The van der Waals surface area contributed by atoms with Gasteiger partial charge in [-0.2, -0.15) is 0 Å².